The van der Waals surface area contributed by atoms with Crippen LogP contribution in [-0.4, -0.2) is 9.97 Å². The minimum atomic E-state index is 0.847. The fourth-order valence-corrected chi connectivity index (χ4v) is 4.12. The van der Waals surface area contributed by atoms with Gasteiger partial charge in [-0.1, -0.05) is 116 Å². The Morgan fingerprint density at radius 3 is 1.81 bits per heavy atom. The summed E-state index contributed by atoms with van der Waals surface area (Å²) < 4.78 is 0. The summed E-state index contributed by atoms with van der Waals surface area (Å²) in [5, 5.41) is 0. The SMILES string of the molecule is CCCCCCCCc1cnc(-c2ccc(CCCCCCCC(C)CC)cc2)nc1. The molecule has 2 heteroatoms. The summed E-state index contributed by atoms with van der Waals surface area (Å²) in [6, 6.07) is 8.88. The first-order chi connectivity index (χ1) is 15.2. The van der Waals surface area contributed by atoms with E-state index < -0.39 is 0 Å². The van der Waals surface area contributed by atoms with Crippen LogP contribution >= 0.6 is 0 Å². The van der Waals surface area contributed by atoms with Crippen LogP contribution < -0.4 is 0 Å². The molecule has 1 atom stereocenters. The molecule has 0 spiro atoms. The average molecular weight is 423 g/mol. The van der Waals surface area contributed by atoms with Gasteiger partial charge in [-0.15, -0.1) is 0 Å². The van der Waals surface area contributed by atoms with Crippen molar-refractivity contribution in [3.63, 3.8) is 0 Å². The first kappa shape index (κ1) is 25.6. The normalized spacial score (nSPS) is 12.2. The molecule has 0 aliphatic carbocycles. The Hall–Kier alpha value is -1.70. The van der Waals surface area contributed by atoms with Gasteiger partial charge >= 0.3 is 0 Å². The van der Waals surface area contributed by atoms with Gasteiger partial charge in [0.1, 0.15) is 0 Å². The summed E-state index contributed by atoms with van der Waals surface area (Å²) in [6.45, 7) is 6.94. The van der Waals surface area contributed by atoms with Crippen molar-refractivity contribution < 1.29 is 0 Å². The predicted octanol–water partition coefficient (Wildman–Crippen LogP) is 8.98. The largest absolute Gasteiger partial charge is 0.236 e. The molecule has 0 fully saturated rings. The lowest BCUT2D eigenvalue weighted by atomic mass is 9.99. The highest BCUT2D eigenvalue weighted by atomic mass is 14.9. The Labute approximate surface area is 192 Å². The van der Waals surface area contributed by atoms with Crippen LogP contribution in [0.15, 0.2) is 36.7 Å². The Bertz CT molecular complexity index is 675. The molecule has 0 N–H and O–H groups in total. The van der Waals surface area contributed by atoms with Gasteiger partial charge in [0.2, 0.25) is 0 Å². The predicted molar refractivity (Wildman–Crippen MR) is 135 cm³/mol. The summed E-state index contributed by atoms with van der Waals surface area (Å²) >= 11 is 0. The lowest BCUT2D eigenvalue weighted by Gasteiger charge is -2.07. The van der Waals surface area contributed by atoms with Gasteiger partial charge in [-0.25, -0.2) is 9.97 Å². The van der Waals surface area contributed by atoms with Gasteiger partial charge in [0, 0.05) is 18.0 Å². The molecule has 0 bridgehead atoms. The Balaban J connectivity index is 1.64. The maximum atomic E-state index is 4.62. The zero-order valence-corrected chi connectivity index (χ0v) is 20.5. The molecule has 0 aliphatic rings. The maximum Gasteiger partial charge on any atom is 0.159 e. The van der Waals surface area contributed by atoms with Gasteiger partial charge in [-0.2, -0.15) is 0 Å². The van der Waals surface area contributed by atoms with Crippen molar-refractivity contribution in [3.05, 3.63) is 47.8 Å². The van der Waals surface area contributed by atoms with E-state index >= 15 is 0 Å². The highest BCUT2D eigenvalue weighted by Gasteiger charge is 2.03. The van der Waals surface area contributed by atoms with Crippen LogP contribution in [0.5, 0.6) is 0 Å². The van der Waals surface area contributed by atoms with Gasteiger partial charge in [-0.05, 0) is 42.7 Å². The van der Waals surface area contributed by atoms with Crippen molar-refractivity contribution in [2.45, 2.75) is 117 Å². The molecule has 0 saturated carbocycles. The van der Waals surface area contributed by atoms with E-state index in [4.69, 9.17) is 0 Å². The molecule has 0 amide bonds. The standard InChI is InChI=1S/C29H46N2/c1-4-6-7-8-11-15-18-27-23-30-29(31-24-27)28-21-19-26(20-22-28)17-14-12-9-10-13-16-25(3)5-2/h19-25H,4-18H2,1-3H3. The minimum Gasteiger partial charge on any atom is -0.236 e. The van der Waals surface area contributed by atoms with Crippen LogP contribution in [-0.2, 0) is 12.8 Å². The van der Waals surface area contributed by atoms with E-state index in [1.54, 1.807) is 0 Å². The Kier molecular flexibility index (Phi) is 13.2. The Morgan fingerprint density at radius 2 is 1.19 bits per heavy atom. The van der Waals surface area contributed by atoms with E-state index in [1.807, 2.05) is 12.4 Å². The molecule has 0 aliphatic heterocycles. The third kappa shape index (κ3) is 10.9. The second-order valence-electron chi connectivity index (χ2n) is 9.45. The number of aryl methyl sites for hydroxylation is 2. The summed E-state index contributed by atoms with van der Waals surface area (Å²) in [4.78, 5) is 9.24. The molecule has 172 valence electrons. The summed E-state index contributed by atoms with van der Waals surface area (Å²) in [7, 11) is 0. The molecule has 1 aromatic carbocycles. The zero-order chi connectivity index (χ0) is 22.2. The van der Waals surface area contributed by atoms with Gasteiger partial charge in [0.15, 0.2) is 5.82 Å². The van der Waals surface area contributed by atoms with Crippen LogP contribution in [0, 0.1) is 5.92 Å². The number of aromatic nitrogens is 2. The minimum absolute atomic E-state index is 0.847. The van der Waals surface area contributed by atoms with Crippen molar-refractivity contribution in [1.82, 2.24) is 9.97 Å². The fraction of sp³-hybridized carbons (Fsp3) is 0.655. The second-order valence-corrected chi connectivity index (χ2v) is 9.45. The molecule has 0 radical (unpaired) electrons. The lowest BCUT2D eigenvalue weighted by molar-refractivity contribution is 0.472. The van der Waals surface area contributed by atoms with Gasteiger partial charge in [0.25, 0.3) is 0 Å². The van der Waals surface area contributed by atoms with Gasteiger partial charge in [-0.3, -0.25) is 0 Å². The van der Waals surface area contributed by atoms with E-state index in [0.29, 0.717) is 0 Å². The molecule has 2 aromatic rings. The quantitative estimate of drug-likeness (QED) is 0.238. The maximum absolute atomic E-state index is 4.62. The van der Waals surface area contributed by atoms with E-state index in [2.05, 4.69) is 55.0 Å². The summed E-state index contributed by atoms with van der Waals surface area (Å²) in [5.74, 6) is 1.75. The number of benzene rings is 1. The number of hydrogen-bond acceptors (Lipinski definition) is 2. The molecular formula is C29H46N2. The highest BCUT2D eigenvalue weighted by Crippen LogP contribution is 2.18. The zero-order valence-electron chi connectivity index (χ0n) is 20.5. The number of rotatable bonds is 17. The number of nitrogens with zero attached hydrogens (tertiary/aromatic N) is 2. The number of hydrogen-bond donors (Lipinski definition) is 0. The molecule has 31 heavy (non-hydrogen) atoms. The van der Waals surface area contributed by atoms with E-state index in [0.717, 1.165) is 23.7 Å². The topological polar surface area (TPSA) is 25.8 Å². The van der Waals surface area contributed by atoms with E-state index in [1.165, 1.54) is 101 Å². The van der Waals surface area contributed by atoms with Crippen LogP contribution in [0.4, 0.5) is 0 Å². The van der Waals surface area contributed by atoms with Crippen LogP contribution in [0.2, 0.25) is 0 Å². The van der Waals surface area contributed by atoms with E-state index in [9.17, 15) is 0 Å². The van der Waals surface area contributed by atoms with Gasteiger partial charge < -0.3 is 0 Å². The number of unbranched alkanes of at least 4 members (excludes halogenated alkanes) is 9. The first-order valence-corrected chi connectivity index (χ1v) is 13.1. The monoisotopic (exact) mass is 422 g/mol. The molecule has 2 rings (SSSR count). The molecule has 0 saturated heterocycles. The third-order valence-corrected chi connectivity index (χ3v) is 6.60. The molecule has 1 heterocycles. The van der Waals surface area contributed by atoms with Crippen molar-refractivity contribution in [1.29, 1.82) is 0 Å². The smallest absolute Gasteiger partial charge is 0.159 e. The molecule has 1 unspecified atom stereocenters. The molecule has 1 aromatic heterocycles. The van der Waals surface area contributed by atoms with Crippen molar-refractivity contribution in [2.75, 3.05) is 0 Å². The first-order valence-electron chi connectivity index (χ1n) is 13.1. The van der Waals surface area contributed by atoms with Crippen molar-refractivity contribution in [3.8, 4) is 11.4 Å². The average Bonchev–Trinajstić information content (AvgIpc) is 2.81. The van der Waals surface area contributed by atoms with Crippen LogP contribution in [0.25, 0.3) is 11.4 Å². The van der Waals surface area contributed by atoms with Crippen molar-refractivity contribution >= 4 is 0 Å². The molecule has 2 nitrogen and oxygen atoms in total. The molecular weight excluding hydrogens is 376 g/mol. The van der Waals surface area contributed by atoms with Crippen LogP contribution in [0.3, 0.4) is 0 Å². The fourth-order valence-electron chi connectivity index (χ4n) is 4.12. The lowest BCUT2D eigenvalue weighted by Crippen LogP contribution is -1.94. The van der Waals surface area contributed by atoms with Crippen molar-refractivity contribution in [2.24, 2.45) is 5.92 Å². The third-order valence-electron chi connectivity index (χ3n) is 6.60. The highest BCUT2D eigenvalue weighted by molar-refractivity contribution is 5.55. The van der Waals surface area contributed by atoms with E-state index in [-0.39, 0.29) is 0 Å². The van der Waals surface area contributed by atoms with Crippen LogP contribution in [0.1, 0.15) is 115 Å². The second kappa shape index (κ2) is 16.0. The Morgan fingerprint density at radius 1 is 0.645 bits per heavy atom. The van der Waals surface area contributed by atoms with Gasteiger partial charge in [0.05, 0.1) is 0 Å². The summed E-state index contributed by atoms with van der Waals surface area (Å²) in [5.41, 5.74) is 3.82. The summed E-state index contributed by atoms with van der Waals surface area (Å²) in [6.07, 6.45) is 23.9.